The van der Waals surface area contributed by atoms with E-state index in [1.165, 1.54) is 11.8 Å². The fraction of sp³-hybridized carbons (Fsp3) is 0.526. The topological polar surface area (TPSA) is 72.3 Å². The lowest BCUT2D eigenvalue weighted by Gasteiger charge is -2.28. The van der Waals surface area contributed by atoms with Gasteiger partial charge >= 0.3 is 0 Å². The van der Waals surface area contributed by atoms with Gasteiger partial charge < -0.3 is 15.0 Å². The Morgan fingerprint density at radius 3 is 2.70 bits per heavy atom. The van der Waals surface area contributed by atoms with Crippen molar-refractivity contribution in [1.29, 1.82) is 0 Å². The number of ether oxygens (including phenoxy) is 1. The fourth-order valence-corrected chi connectivity index (χ4v) is 3.62. The molecule has 146 valence electrons. The van der Waals surface area contributed by atoms with Crippen LogP contribution >= 0.6 is 11.8 Å². The first-order valence-electron chi connectivity index (χ1n) is 9.30. The molecule has 0 radical (unpaired) electrons. The van der Waals surface area contributed by atoms with Gasteiger partial charge in [-0.05, 0) is 24.5 Å². The van der Waals surface area contributed by atoms with Crippen LogP contribution in [0.15, 0.2) is 29.4 Å². The Hall–Kier alpha value is -2.06. The van der Waals surface area contributed by atoms with Crippen molar-refractivity contribution >= 4 is 23.6 Å². The zero-order valence-corrected chi connectivity index (χ0v) is 17.0. The molecule has 0 saturated carbocycles. The van der Waals surface area contributed by atoms with Crippen LogP contribution in [-0.2, 0) is 9.53 Å². The van der Waals surface area contributed by atoms with Crippen molar-refractivity contribution < 1.29 is 9.53 Å². The highest BCUT2D eigenvalue weighted by atomic mass is 32.2. The number of morpholine rings is 1. The largest absolute Gasteiger partial charge is 0.378 e. The minimum absolute atomic E-state index is 0.0148. The summed E-state index contributed by atoms with van der Waals surface area (Å²) in [5.74, 6) is 1.57. The number of nitrogens with one attached hydrogen (secondary N) is 1. The standard InChI is InChI=1S/C19H27N5O2S/c1-14(2)12-20-17(25)13-27-19-22-21-18(23-8-10-26-11-9-23)24(19)16-7-5-4-6-15(16)3/h4-7,14H,8-13H2,1-3H3,(H,20,25). The molecular formula is C19H27N5O2S. The Bertz CT molecular complexity index is 771. The van der Waals surface area contributed by atoms with Crippen LogP contribution in [0.3, 0.4) is 0 Å². The number of carbonyl (C=O) groups is 1. The van der Waals surface area contributed by atoms with Crippen molar-refractivity contribution in [3.8, 4) is 5.69 Å². The van der Waals surface area contributed by atoms with Crippen molar-refractivity contribution in [1.82, 2.24) is 20.1 Å². The fourth-order valence-electron chi connectivity index (χ4n) is 2.85. The summed E-state index contributed by atoms with van der Waals surface area (Å²) in [5, 5.41) is 12.5. The van der Waals surface area contributed by atoms with Crippen molar-refractivity contribution in [3.63, 3.8) is 0 Å². The summed E-state index contributed by atoms with van der Waals surface area (Å²) in [4.78, 5) is 14.3. The van der Waals surface area contributed by atoms with Crippen LogP contribution in [-0.4, -0.2) is 59.3 Å². The summed E-state index contributed by atoms with van der Waals surface area (Å²) in [6.07, 6.45) is 0. The van der Waals surface area contributed by atoms with Crippen LogP contribution in [0.1, 0.15) is 19.4 Å². The number of amides is 1. The molecule has 1 aliphatic heterocycles. The van der Waals surface area contributed by atoms with E-state index < -0.39 is 0 Å². The van der Waals surface area contributed by atoms with Crippen LogP contribution in [0, 0.1) is 12.8 Å². The summed E-state index contributed by atoms with van der Waals surface area (Å²) < 4.78 is 7.52. The van der Waals surface area contributed by atoms with Gasteiger partial charge in [-0.1, -0.05) is 43.8 Å². The van der Waals surface area contributed by atoms with Gasteiger partial charge in [0.25, 0.3) is 0 Å². The lowest BCUT2D eigenvalue weighted by molar-refractivity contribution is -0.118. The molecular weight excluding hydrogens is 362 g/mol. The van der Waals surface area contributed by atoms with E-state index >= 15 is 0 Å². The molecule has 8 heteroatoms. The van der Waals surface area contributed by atoms with E-state index in [0.29, 0.717) is 31.4 Å². The molecule has 7 nitrogen and oxygen atoms in total. The van der Waals surface area contributed by atoms with E-state index in [1.807, 2.05) is 12.1 Å². The maximum absolute atomic E-state index is 12.1. The average Bonchev–Trinajstić information content (AvgIpc) is 3.09. The first kappa shape index (κ1) is 19.7. The molecule has 27 heavy (non-hydrogen) atoms. The Morgan fingerprint density at radius 1 is 1.26 bits per heavy atom. The monoisotopic (exact) mass is 389 g/mol. The predicted molar refractivity (Wildman–Crippen MR) is 108 cm³/mol. The number of thioether (sulfide) groups is 1. The molecule has 1 aromatic heterocycles. The molecule has 1 N–H and O–H groups in total. The zero-order valence-electron chi connectivity index (χ0n) is 16.1. The van der Waals surface area contributed by atoms with Crippen LogP contribution in [0.4, 0.5) is 5.95 Å². The van der Waals surface area contributed by atoms with Crippen LogP contribution in [0.25, 0.3) is 5.69 Å². The molecule has 1 aliphatic rings. The molecule has 0 aliphatic carbocycles. The molecule has 0 spiro atoms. The predicted octanol–water partition coefficient (Wildman–Crippen LogP) is 2.28. The molecule has 1 fully saturated rings. The number of rotatable bonds is 7. The van der Waals surface area contributed by atoms with Gasteiger partial charge in [-0.2, -0.15) is 0 Å². The van der Waals surface area contributed by atoms with Gasteiger partial charge in [0.05, 0.1) is 24.7 Å². The van der Waals surface area contributed by atoms with Crippen molar-refractivity contribution in [2.75, 3.05) is 43.5 Å². The Morgan fingerprint density at radius 2 is 2.00 bits per heavy atom. The lowest BCUT2D eigenvalue weighted by Crippen LogP contribution is -2.38. The molecule has 1 aromatic carbocycles. The summed E-state index contributed by atoms with van der Waals surface area (Å²) in [5.41, 5.74) is 2.17. The smallest absolute Gasteiger partial charge is 0.232 e. The third-order valence-electron chi connectivity index (χ3n) is 4.31. The number of anilines is 1. The van der Waals surface area contributed by atoms with Crippen molar-refractivity contribution in [2.24, 2.45) is 5.92 Å². The second-order valence-corrected chi connectivity index (χ2v) is 7.93. The maximum Gasteiger partial charge on any atom is 0.232 e. The van der Waals surface area contributed by atoms with E-state index in [4.69, 9.17) is 4.74 Å². The first-order chi connectivity index (χ1) is 13.1. The van der Waals surface area contributed by atoms with E-state index in [1.54, 1.807) is 0 Å². The van der Waals surface area contributed by atoms with Gasteiger partial charge in [0.15, 0.2) is 5.16 Å². The van der Waals surface area contributed by atoms with Gasteiger partial charge in [-0.3, -0.25) is 9.36 Å². The van der Waals surface area contributed by atoms with Gasteiger partial charge in [-0.25, -0.2) is 0 Å². The number of nitrogens with zero attached hydrogens (tertiary/aromatic N) is 4. The Labute approximate surface area is 164 Å². The number of aryl methyl sites for hydroxylation is 1. The molecule has 1 saturated heterocycles. The van der Waals surface area contributed by atoms with E-state index in [9.17, 15) is 4.79 Å². The first-order valence-corrected chi connectivity index (χ1v) is 10.3. The number of para-hydroxylation sites is 1. The zero-order chi connectivity index (χ0) is 19.2. The highest BCUT2D eigenvalue weighted by molar-refractivity contribution is 7.99. The Balaban J connectivity index is 1.84. The average molecular weight is 390 g/mol. The Kier molecular flexibility index (Phi) is 6.73. The lowest BCUT2D eigenvalue weighted by atomic mass is 10.2. The highest BCUT2D eigenvalue weighted by Gasteiger charge is 2.23. The summed E-state index contributed by atoms with van der Waals surface area (Å²) in [6.45, 7) is 9.84. The van der Waals surface area contributed by atoms with E-state index in [2.05, 4.69) is 57.9 Å². The molecule has 3 rings (SSSR count). The van der Waals surface area contributed by atoms with Gasteiger partial charge in [0.1, 0.15) is 0 Å². The third-order valence-corrected chi connectivity index (χ3v) is 5.24. The SMILES string of the molecule is Cc1ccccc1-n1c(SCC(=O)NCC(C)C)nnc1N1CCOCC1. The summed E-state index contributed by atoms with van der Waals surface area (Å²) in [6, 6.07) is 8.16. The molecule has 0 bridgehead atoms. The number of aromatic nitrogens is 3. The minimum atomic E-state index is 0.0148. The second-order valence-electron chi connectivity index (χ2n) is 6.99. The molecule has 2 aromatic rings. The number of carbonyl (C=O) groups excluding carboxylic acids is 1. The van der Waals surface area contributed by atoms with E-state index in [0.717, 1.165) is 35.4 Å². The van der Waals surface area contributed by atoms with Crippen molar-refractivity contribution in [2.45, 2.75) is 25.9 Å². The minimum Gasteiger partial charge on any atom is -0.378 e. The third kappa shape index (κ3) is 5.01. The van der Waals surface area contributed by atoms with Gasteiger partial charge in [0.2, 0.25) is 11.9 Å². The number of hydrogen-bond acceptors (Lipinski definition) is 6. The molecule has 0 atom stereocenters. The van der Waals surface area contributed by atoms with Crippen molar-refractivity contribution in [3.05, 3.63) is 29.8 Å². The summed E-state index contributed by atoms with van der Waals surface area (Å²) >= 11 is 1.41. The highest BCUT2D eigenvalue weighted by Crippen LogP contribution is 2.28. The maximum atomic E-state index is 12.1. The second kappa shape index (κ2) is 9.23. The number of benzene rings is 1. The molecule has 0 unspecified atom stereocenters. The molecule has 1 amide bonds. The van der Waals surface area contributed by atoms with Crippen LogP contribution in [0.2, 0.25) is 0 Å². The normalized spacial score (nSPS) is 14.6. The van der Waals surface area contributed by atoms with Gasteiger partial charge in [-0.15, -0.1) is 10.2 Å². The van der Waals surface area contributed by atoms with E-state index in [-0.39, 0.29) is 5.91 Å². The van der Waals surface area contributed by atoms with Crippen LogP contribution in [0.5, 0.6) is 0 Å². The molecule has 2 heterocycles. The van der Waals surface area contributed by atoms with Crippen LogP contribution < -0.4 is 10.2 Å². The summed E-state index contributed by atoms with van der Waals surface area (Å²) in [7, 11) is 0. The van der Waals surface area contributed by atoms with Gasteiger partial charge in [0, 0.05) is 19.6 Å². The quantitative estimate of drug-likeness (QED) is 0.733. The number of hydrogen-bond donors (Lipinski definition) is 1.